The van der Waals surface area contributed by atoms with Crippen LogP contribution in [0.4, 0.5) is 11.4 Å². The van der Waals surface area contributed by atoms with Gasteiger partial charge in [0.05, 0.1) is 11.4 Å². The summed E-state index contributed by atoms with van der Waals surface area (Å²) in [4.78, 5) is 14.5. The average Bonchev–Trinajstić information content (AvgIpc) is 2.54. The number of benzene rings is 1. The van der Waals surface area contributed by atoms with Gasteiger partial charge in [0.1, 0.15) is 0 Å². The summed E-state index contributed by atoms with van der Waals surface area (Å²) in [5, 5.41) is 6.68. The fourth-order valence-corrected chi connectivity index (χ4v) is 3.21. The van der Waals surface area contributed by atoms with Gasteiger partial charge in [-0.3, -0.25) is 4.79 Å². The van der Waals surface area contributed by atoms with Crippen LogP contribution in [-0.2, 0) is 0 Å². The number of anilines is 2. The van der Waals surface area contributed by atoms with Crippen LogP contribution in [0.3, 0.4) is 0 Å². The number of carbonyl (C=O) groups excluding carboxylic acids is 1. The average molecular weight is 273 g/mol. The van der Waals surface area contributed by atoms with Gasteiger partial charge < -0.3 is 15.5 Å². The quantitative estimate of drug-likeness (QED) is 0.871. The summed E-state index contributed by atoms with van der Waals surface area (Å²) in [5.74, 6) is 0.145. The predicted molar refractivity (Wildman–Crippen MR) is 82.4 cm³/mol. The second-order valence-corrected chi connectivity index (χ2v) is 5.82. The third kappa shape index (κ3) is 2.60. The molecule has 0 unspecified atom stereocenters. The van der Waals surface area contributed by atoms with E-state index in [1.165, 1.54) is 19.3 Å². The van der Waals surface area contributed by atoms with E-state index in [0.717, 1.165) is 42.9 Å². The van der Waals surface area contributed by atoms with E-state index in [9.17, 15) is 4.79 Å². The number of hydrogen-bond acceptors (Lipinski definition) is 3. The molecule has 20 heavy (non-hydrogen) atoms. The zero-order valence-electron chi connectivity index (χ0n) is 12.1. The minimum Gasteiger partial charge on any atom is -0.382 e. The fourth-order valence-electron chi connectivity index (χ4n) is 3.21. The highest BCUT2D eigenvalue weighted by Crippen LogP contribution is 2.27. The van der Waals surface area contributed by atoms with E-state index in [2.05, 4.69) is 10.6 Å². The first-order valence-electron chi connectivity index (χ1n) is 7.64. The number of amides is 1. The lowest BCUT2D eigenvalue weighted by molar-refractivity contribution is 0.0696. The summed E-state index contributed by atoms with van der Waals surface area (Å²) in [6.07, 6.45) is 6.10. The largest absolute Gasteiger partial charge is 0.382 e. The summed E-state index contributed by atoms with van der Waals surface area (Å²) < 4.78 is 0. The van der Waals surface area contributed by atoms with E-state index in [1.807, 2.05) is 30.1 Å². The van der Waals surface area contributed by atoms with E-state index in [-0.39, 0.29) is 5.91 Å². The molecule has 1 saturated carbocycles. The van der Waals surface area contributed by atoms with E-state index in [4.69, 9.17) is 0 Å². The molecule has 0 atom stereocenters. The molecular formula is C16H23N3O. The SMILES string of the molecule is CN(C(=O)c1ccc2c(c1)NCCN2)C1CCCCC1. The van der Waals surface area contributed by atoms with Gasteiger partial charge in [0.15, 0.2) is 0 Å². The molecule has 0 aromatic heterocycles. The molecule has 1 heterocycles. The number of nitrogens with one attached hydrogen (secondary N) is 2. The lowest BCUT2D eigenvalue weighted by Crippen LogP contribution is -2.38. The molecule has 108 valence electrons. The van der Waals surface area contributed by atoms with Gasteiger partial charge in [0.2, 0.25) is 0 Å². The van der Waals surface area contributed by atoms with Gasteiger partial charge in [-0.25, -0.2) is 0 Å². The van der Waals surface area contributed by atoms with Crippen LogP contribution in [0, 0.1) is 0 Å². The molecule has 0 bridgehead atoms. The highest BCUT2D eigenvalue weighted by Gasteiger charge is 2.23. The Morgan fingerprint density at radius 3 is 2.55 bits per heavy atom. The Balaban J connectivity index is 1.75. The van der Waals surface area contributed by atoms with E-state index in [0.29, 0.717) is 6.04 Å². The molecule has 0 spiro atoms. The molecule has 3 rings (SSSR count). The number of rotatable bonds is 2. The third-order valence-electron chi connectivity index (χ3n) is 4.47. The second kappa shape index (κ2) is 5.73. The molecule has 2 aliphatic rings. The first-order chi connectivity index (χ1) is 9.75. The summed E-state index contributed by atoms with van der Waals surface area (Å²) in [6, 6.07) is 6.32. The van der Waals surface area contributed by atoms with Gasteiger partial charge in [-0.1, -0.05) is 19.3 Å². The standard InChI is InChI=1S/C16H23N3O/c1-19(13-5-3-2-4-6-13)16(20)12-7-8-14-15(11-12)18-10-9-17-14/h7-8,11,13,17-18H,2-6,9-10H2,1H3. The summed E-state index contributed by atoms with van der Waals surface area (Å²) in [5.41, 5.74) is 2.92. The van der Waals surface area contributed by atoms with E-state index < -0.39 is 0 Å². The first-order valence-corrected chi connectivity index (χ1v) is 7.64. The van der Waals surface area contributed by atoms with Crippen LogP contribution in [0.15, 0.2) is 18.2 Å². The first kappa shape index (κ1) is 13.3. The topological polar surface area (TPSA) is 44.4 Å². The molecule has 1 aromatic carbocycles. The summed E-state index contributed by atoms with van der Waals surface area (Å²) in [6.45, 7) is 1.84. The predicted octanol–water partition coefficient (Wildman–Crippen LogP) is 2.93. The van der Waals surface area contributed by atoms with Crippen molar-refractivity contribution in [2.75, 3.05) is 30.8 Å². The zero-order valence-corrected chi connectivity index (χ0v) is 12.1. The van der Waals surface area contributed by atoms with Crippen molar-refractivity contribution in [1.29, 1.82) is 0 Å². The van der Waals surface area contributed by atoms with E-state index >= 15 is 0 Å². The van der Waals surface area contributed by atoms with Crippen molar-refractivity contribution in [2.45, 2.75) is 38.1 Å². The molecular weight excluding hydrogens is 250 g/mol. The molecule has 4 nitrogen and oxygen atoms in total. The lowest BCUT2D eigenvalue weighted by Gasteiger charge is -2.31. The van der Waals surface area contributed by atoms with Crippen molar-refractivity contribution in [3.05, 3.63) is 23.8 Å². The summed E-state index contributed by atoms with van der Waals surface area (Å²) >= 11 is 0. The van der Waals surface area contributed by atoms with Crippen LogP contribution < -0.4 is 10.6 Å². The molecule has 2 N–H and O–H groups in total. The van der Waals surface area contributed by atoms with Crippen molar-refractivity contribution in [3.63, 3.8) is 0 Å². The van der Waals surface area contributed by atoms with Crippen molar-refractivity contribution < 1.29 is 4.79 Å². The minimum absolute atomic E-state index is 0.145. The van der Waals surface area contributed by atoms with Gasteiger partial charge in [0, 0.05) is 31.7 Å². The Kier molecular flexibility index (Phi) is 3.81. The Labute approximate surface area is 120 Å². The molecule has 0 saturated heterocycles. The van der Waals surface area contributed by atoms with Gasteiger partial charge in [-0.15, -0.1) is 0 Å². The Bertz CT molecular complexity index is 494. The highest BCUT2D eigenvalue weighted by molar-refractivity contribution is 5.96. The normalized spacial score (nSPS) is 18.6. The fraction of sp³-hybridized carbons (Fsp3) is 0.562. The number of fused-ring (bicyclic) bond motifs is 1. The van der Waals surface area contributed by atoms with Gasteiger partial charge in [-0.05, 0) is 31.0 Å². The molecule has 4 heteroatoms. The molecule has 1 aliphatic carbocycles. The maximum Gasteiger partial charge on any atom is 0.253 e. The van der Waals surface area contributed by atoms with Crippen LogP contribution in [-0.4, -0.2) is 37.0 Å². The molecule has 1 aromatic rings. The van der Waals surface area contributed by atoms with Crippen LogP contribution in [0.1, 0.15) is 42.5 Å². The van der Waals surface area contributed by atoms with Gasteiger partial charge in [-0.2, -0.15) is 0 Å². The maximum atomic E-state index is 12.6. The Morgan fingerprint density at radius 1 is 1.10 bits per heavy atom. The molecule has 1 aliphatic heterocycles. The van der Waals surface area contributed by atoms with Crippen LogP contribution >= 0.6 is 0 Å². The second-order valence-electron chi connectivity index (χ2n) is 5.82. The summed E-state index contributed by atoms with van der Waals surface area (Å²) in [7, 11) is 1.95. The molecule has 1 fully saturated rings. The van der Waals surface area contributed by atoms with Crippen molar-refractivity contribution in [3.8, 4) is 0 Å². The van der Waals surface area contributed by atoms with Crippen molar-refractivity contribution >= 4 is 17.3 Å². The van der Waals surface area contributed by atoms with Crippen molar-refractivity contribution in [1.82, 2.24) is 4.90 Å². The smallest absolute Gasteiger partial charge is 0.253 e. The number of hydrogen-bond donors (Lipinski definition) is 2. The van der Waals surface area contributed by atoms with E-state index in [1.54, 1.807) is 0 Å². The maximum absolute atomic E-state index is 12.6. The van der Waals surface area contributed by atoms with Gasteiger partial charge >= 0.3 is 0 Å². The van der Waals surface area contributed by atoms with Crippen molar-refractivity contribution in [2.24, 2.45) is 0 Å². The van der Waals surface area contributed by atoms with Crippen LogP contribution in [0.25, 0.3) is 0 Å². The Hall–Kier alpha value is -1.71. The highest BCUT2D eigenvalue weighted by atomic mass is 16.2. The monoisotopic (exact) mass is 273 g/mol. The Morgan fingerprint density at radius 2 is 1.80 bits per heavy atom. The van der Waals surface area contributed by atoms with Gasteiger partial charge in [0.25, 0.3) is 5.91 Å². The number of carbonyl (C=O) groups is 1. The molecule has 0 radical (unpaired) electrons. The lowest BCUT2D eigenvalue weighted by atomic mass is 9.94. The number of nitrogens with zero attached hydrogens (tertiary/aromatic N) is 1. The molecule has 1 amide bonds. The minimum atomic E-state index is 0.145. The third-order valence-corrected chi connectivity index (χ3v) is 4.47. The van der Waals surface area contributed by atoms with Crippen LogP contribution in [0.2, 0.25) is 0 Å². The van der Waals surface area contributed by atoms with Crippen LogP contribution in [0.5, 0.6) is 0 Å². The zero-order chi connectivity index (χ0) is 13.9.